The van der Waals surface area contributed by atoms with Gasteiger partial charge < -0.3 is 5.32 Å². The van der Waals surface area contributed by atoms with E-state index in [2.05, 4.69) is 50.5 Å². The largest absolute Gasteiger partial charge is 0.313 e. The van der Waals surface area contributed by atoms with E-state index in [0.717, 1.165) is 23.1 Å². The molecular formula is C16H18BrN3. The zero-order valence-corrected chi connectivity index (χ0v) is 13.2. The second-order valence-electron chi connectivity index (χ2n) is 5.22. The zero-order valence-electron chi connectivity index (χ0n) is 11.6. The Morgan fingerprint density at radius 2 is 2.10 bits per heavy atom. The molecule has 1 heterocycles. The second-order valence-corrected chi connectivity index (χ2v) is 6.14. The van der Waals surface area contributed by atoms with Crippen LogP contribution in [0.1, 0.15) is 41.5 Å². The van der Waals surface area contributed by atoms with E-state index in [1.165, 1.54) is 29.7 Å². The van der Waals surface area contributed by atoms with Crippen molar-refractivity contribution in [2.45, 2.75) is 31.7 Å². The molecule has 1 aliphatic rings. The van der Waals surface area contributed by atoms with Crippen LogP contribution in [0.25, 0.3) is 0 Å². The van der Waals surface area contributed by atoms with Crippen LogP contribution in [0.5, 0.6) is 0 Å². The van der Waals surface area contributed by atoms with E-state index in [9.17, 15) is 0 Å². The smallest absolute Gasteiger partial charge is 0.132 e. The van der Waals surface area contributed by atoms with Gasteiger partial charge in [-0.3, -0.25) is 0 Å². The van der Waals surface area contributed by atoms with Crippen molar-refractivity contribution < 1.29 is 0 Å². The number of aromatic nitrogens is 2. The molecule has 0 saturated heterocycles. The number of fused-ring (bicyclic) bond motifs is 1. The second kappa shape index (κ2) is 6.02. The number of rotatable bonds is 3. The van der Waals surface area contributed by atoms with Crippen LogP contribution < -0.4 is 5.32 Å². The molecule has 104 valence electrons. The lowest BCUT2D eigenvalue weighted by Gasteiger charge is -2.24. The molecule has 1 N–H and O–H groups in total. The van der Waals surface area contributed by atoms with E-state index in [0.29, 0.717) is 6.04 Å². The maximum atomic E-state index is 4.77. The zero-order chi connectivity index (χ0) is 13.9. The van der Waals surface area contributed by atoms with Crippen molar-refractivity contribution >= 4 is 15.9 Å². The fourth-order valence-electron chi connectivity index (χ4n) is 2.76. The standard InChI is InChI=1S/C16H18BrN3/c1-18-14-3-2-4-15-13(14)10-19-16(20-15)9-11-5-7-12(17)8-6-11/h5-8,10,14,18H,2-4,9H2,1H3. The van der Waals surface area contributed by atoms with Crippen molar-refractivity contribution in [3.05, 3.63) is 57.6 Å². The molecule has 1 aliphatic carbocycles. The van der Waals surface area contributed by atoms with Crippen LogP contribution in [-0.4, -0.2) is 17.0 Å². The van der Waals surface area contributed by atoms with E-state index >= 15 is 0 Å². The molecule has 3 rings (SSSR count). The topological polar surface area (TPSA) is 37.8 Å². The first-order valence-electron chi connectivity index (χ1n) is 7.02. The quantitative estimate of drug-likeness (QED) is 0.936. The van der Waals surface area contributed by atoms with E-state index in [4.69, 9.17) is 4.98 Å². The molecule has 1 atom stereocenters. The molecule has 0 fully saturated rings. The van der Waals surface area contributed by atoms with E-state index in [1.807, 2.05) is 13.2 Å². The van der Waals surface area contributed by atoms with Gasteiger partial charge in [-0.15, -0.1) is 0 Å². The lowest BCUT2D eigenvalue weighted by Crippen LogP contribution is -2.23. The third kappa shape index (κ3) is 2.91. The first-order chi connectivity index (χ1) is 9.76. The van der Waals surface area contributed by atoms with Gasteiger partial charge in [0.25, 0.3) is 0 Å². The molecule has 0 spiro atoms. The van der Waals surface area contributed by atoms with Gasteiger partial charge in [0.2, 0.25) is 0 Å². The van der Waals surface area contributed by atoms with Crippen molar-refractivity contribution in [3.63, 3.8) is 0 Å². The molecular weight excluding hydrogens is 314 g/mol. The predicted octanol–water partition coefficient (Wildman–Crippen LogP) is 3.43. The monoisotopic (exact) mass is 331 g/mol. The summed E-state index contributed by atoms with van der Waals surface area (Å²) in [6.45, 7) is 0. The number of hydrogen-bond acceptors (Lipinski definition) is 3. The van der Waals surface area contributed by atoms with Gasteiger partial charge >= 0.3 is 0 Å². The summed E-state index contributed by atoms with van der Waals surface area (Å²) in [4.78, 5) is 9.31. The lowest BCUT2D eigenvalue weighted by atomic mass is 9.92. The maximum absolute atomic E-state index is 4.77. The van der Waals surface area contributed by atoms with Gasteiger partial charge in [-0.2, -0.15) is 0 Å². The summed E-state index contributed by atoms with van der Waals surface area (Å²) in [5.74, 6) is 0.919. The summed E-state index contributed by atoms with van der Waals surface area (Å²) in [5, 5.41) is 3.35. The molecule has 3 nitrogen and oxygen atoms in total. The first-order valence-corrected chi connectivity index (χ1v) is 7.82. The van der Waals surface area contributed by atoms with Gasteiger partial charge in [0.1, 0.15) is 5.82 Å². The predicted molar refractivity (Wildman–Crippen MR) is 83.7 cm³/mol. The Bertz CT molecular complexity index is 595. The Balaban J connectivity index is 1.83. The molecule has 1 aromatic carbocycles. The van der Waals surface area contributed by atoms with Crippen molar-refractivity contribution in [2.75, 3.05) is 7.05 Å². The minimum atomic E-state index is 0.417. The normalized spacial score (nSPS) is 17.8. The Hall–Kier alpha value is -1.26. The number of nitrogens with zero attached hydrogens (tertiary/aromatic N) is 2. The lowest BCUT2D eigenvalue weighted by molar-refractivity contribution is 0.485. The number of hydrogen-bond donors (Lipinski definition) is 1. The highest BCUT2D eigenvalue weighted by atomic mass is 79.9. The minimum Gasteiger partial charge on any atom is -0.313 e. The summed E-state index contributed by atoms with van der Waals surface area (Å²) < 4.78 is 1.10. The van der Waals surface area contributed by atoms with Gasteiger partial charge in [-0.05, 0) is 44.0 Å². The molecule has 4 heteroatoms. The van der Waals surface area contributed by atoms with Gasteiger partial charge in [0.05, 0.1) is 0 Å². The van der Waals surface area contributed by atoms with Gasteiger partial charge in [0, 0.05) is 34.4 Å². The van der Waals surface area contributed by atoms with Crippen LogP contribution in [0.15, 0.2) is 34.9 Å². The Morgan fingerprint density at radius 3 is 2.85 bits per heavy atom. The molecule has 1 unspecified atom stereocenters. The van der Waals surface area contributed by atoms with Crippen LogP contribution in [-0.2, 0) is 12.8 Å². The number of halogens is 1. The highest BCUT2D eigenvalue weighted by molar-refractivity contribution is 9.10. The average molecular weight is 332 g/mol. The van der Waals surface area contributed by atoms with Crippen LogP contribution >= 0.6 is 15.9 Å². The summed E-state index contributed by atoms with van der Waals surface area (Å²) in [6, 6.07) is 8.77. The van der Waals surface area contributed by atoms with E-state index < -0.39 is 0 Å². The third-order valence-corrected chi connectivity index (χ3v) is 4.38. The van der Waals surface area contributed by atoms with Crippen molar-refractivity contribution in [3.8, 4) is 0 Å². The van der Waals surface area contributed by atoms with E-state index in [1.54, 1.807) is 0 Å². The molecule has 20 heavy (non-hydrogen) atoms. The third-order valence-electron chi connectivity index (χ3n) is 3.86. The number of nitrogens with one attached hydrogen (secondary N) is 1. The Labute approximate surface area is 128 Å². The van der Waals surface area contributed by atoms with Gasteiger partial charge in [0.15, 0.2) is 0 Å². The van der Waals surface area contributed by atoms with Gasteiger partial charge in [-0.25, -0.2) is 9.97 Å². The summed E-state index contributed by atoms with van der Waals surface area (Å²) in [6.07, 6.45) is 6.26. The first kappa shape index (κ1) is 13.7. The molecule has 0 saturated carbocycles. The Morgan fingerprint density at radius 1 is 1.30 bits per heavy atom. The van der Waals surface area contributed by atoms with Crippen molar-refractivity contribution in [1.29, 1.82) is 0 Å². The summed E-state index contributed by atoms with van der Waals surface area (Å²) in [7, 11) is 2.01. The summed E-state index contributed by atoms with van der Waals surface area (Å²) in [5.41, 5.74) is 3.74. The molecule has 0 amide bonds. The molecule has 2 aromatic rings. The maximum Gasteiger partial charge on any atom is 0.132 e. The van der Waals surface area contributed by atoms with Crippen molar-refractivity contribution in [1.82, 2.24) is 15.3 Å². The number of benzene rings is 1. The highest BCUT2D eigenvalue weighted by Gasteiger charge is 2.20. The fourth-order valence-corrected chi connectivity index (χ4v) is 3.02. The SMILES string of the molecule is CNC1CCCc2nc(Cc3ccc(Br)cc3)ncc21. The van der Waals surface area contributed by atoms with Crippen molar-refractivity contribution in [2.24, 2.45) is 0 Å². The van der Waals surface area contributed by atoms with Gasteiger partial charge in [-0.1, -0.05) is 28.1 Å². The Kier molecular flexibility index (Phi) is 4.13. The van der Waals surface area contributed by atoms with Crippen LogP contribution in [0.2, 0.25) is 0 Å². The summed E-state index contributed by atoms with van der Waals surface area (Å²) >= 11 is 3.46. The fraction of sp³-hybridized carbons (Fsp3) is 0.375. The molecule has 1 aromatic heterocycles. The van der Waals surface area contributed by atoms with Crippen LogP contribution in [0.3, 0.4) is 0 Å². The van der Waals surface area contributed by atoms with Crippen LogP contribution in [0, 0.1) is 0 Å². The molecule has 0 bridgehead atoms. The van der Waals surface area contributed by atoms with Crippen LogP contribution in [0.4, 0.5) is 0 Å². The number of aryl methyl sites for hydroxylation is 1. The minimum absolute atomic E-state index is 0.417. The van der Waals surface area contributed by atoms with E-state index in [-0.39, 0.29) is 0 Å². The highest BCUT2D eigenvalue weighted by Crippen LogP contribution is 2.27. The average Bonchev–Trinajstić information content (AvgIpc) is 2.49. The molecule has 0 aliphatic heterocycles. The molecule has 0 radical (unpaired) electrons.